The van der Waals surface area contributed by atoms with Gasteiger partial charge in [-0.05, 0) is 29.8 Å². The molecule has 23 heavy (non-hydrogen) atoms. The van der Waals surface area contributed by atoms with E-state index in [1.54, 1.807) is 29.9 Å². The smallest absolute Gasteiger partial charge is 0.293 e. The number of nitrogens with zero attached hydrogens (tertiary/aromatic N) is 2. The van der Waals surface area contributed by atoms with Crippen LogP contribution in [-0.2, 0) is 6.54 Å². The second-order valence-electron chi connectivity index (χ2n) is 4.98. The van der Waals surface area contributed by atoms with Gasteiger partial charge in [-0.15, -0.1) is 0 Å². The Hall–Kier alpha value is -2.93. The van der Waals surface area contributed by atoms with E-state index >= 15 is 0 Å². The maximum Gasteiger partial charge on any atom is 0.293 e. The molecule has 0 aliphatic heterocycles. The molecule has 0 aliphatic rings. The zero-order valence-electron chi connectivity index (χ0n) is 12.3. The molecule has 2 N–H and O–H groups in total. The minimum Gasteiger partial charge on any atom is -0.494 e. The number of nitrogens with one attached hydrogen (secondary N) is 1. The molecule has 3 aromatic rings. The third kappa shape index (κ3) is 2.86. The fraction of sp³-hybridized carbons (Fsp3) is 0.125. The standard InChI is InChI=1S/C16H14FN3O3/c1-23-15-3-2-10(6-12(15)17)9-20-5-4-11-8-18-13(7-14(11)20)16(21)19-22/h2-8,22H,9H2,1H3,(H,19,21). The van der Waals surface area contributed by atoms with Crippen LogP contribution in [-0.4, -0.2) is 27.8 Å². The van der Waals surface area contributed by atoms with Crippen LogP contribution in [0.1, 0.15) is 16.1 Å². The maximum absolute atomic E-state index is 13.8. The summed E-state index contributed by atoms with van der Waals surface area (Å²) < 4.78 is 20.6. The number of halogens is 1. The van der Waals surface area contributed by atoms with E-state index in [4.69, 9.17) is 9.94 Å². The summed E-state index contributed by atoms with van der Waals surface area (Å²) in [6.07, 6.45) is 3.38. The number of hydroxylamine groups is 1. The molecule has 1 amide bonds. The van der Waals surface area contributed by atoms with Gasteiger partial charge in [-0.25, -0.2) is 9.87 Å². The Morgan fingerprint density at radius 2 is 2.22 bits per heavy atom. The van der Waals surface area contributed by atoms with E-state index in [1.165, 1.54) is 13.2 Å². The van der Waals surface area contributed by atoms with E-state index in [0.717, 1.165) is 16.5 Å². The highest BCUT2D eigenvalue weighted by atomic mass is 19.1. The van der Waals surface area contributed by atoms with Gasteiger partial charge < -0.3 is 9.30 Å². The minimum absolute atomic E-state index is 0.0980. The van der Waals surface area contributed by atoms with Gasteiger partial charge in [0.05, 0.1) is 12.6 Å². The maximum atomic E-state index is 13.8. The first-order valence-corrected chi connectivity index (χ1v) is 6.84. The fourth-order valence-electron chi connectivity index (χ4n) is 2.41. The molecule has 0 spiro atoms. The van der Waals surface area contributed by atoms with Crippen molar-refractivity contribution in [2.24, 2.45) is 0 Å². The van der Waals surface area contributed by atoms with Crippen LogP contribution < -0.4 is 10.2 Å². The summed E-state index contributed by atoms with van der Waals surface area (Å²) in [6.45, 7) is 0.425. The van der Waals surface area contributed by atoms with Gasteiger partial charge in [-0.1, -0.05) is 6.07 Å². The summed E-state index contributed by atoms with van der Waals surface area (Å²) in [5.41, 5.74) is 3.17. The lowest BCUT2D eigenvalue weighted by Gasteiger charge is -2.08. The molecule has 0 saturated heterocycles. The van der Waals surface area contributed by atoms with Gasteiger partial charge in [0.2, 0.25) is 0 Å². The highest BCUT2D eigenvalue weighted by molar-refractivity contribution is 5.95. The number of hydrogen-bond donors (Lipinski definition) is 2. The molecule has 2 aromatic heterocycles. The van der Waals surface area contributed by atoms with Crippen molar-refractivity contribution in [3.63, 3.8) is 0 Å². The predicted molar refractivity (Wildman–Crippen MR) is 81.0 cm³/mol. The summed E-state index contributed by atoms with van der Waals surface area (Å²) in [7, 11) is 1.41. The van der Waals surface area contributed by atoms with Gasteiger partial charge in [-0.2, -0.15) is 0 Å². The second-order valence-corrected chi connectivity index (χ2v) is 4.98. The van der Waals surface area contributed by atoms with E-state index in [0.29, 0.717) is 6.54 Å². The Morgan fingerprint density at radius 3 is 2.91 bits per heavy atom. The van der Waals surface area contributed by atoms with Crippen molar-refractivity contribution in [2.45, 2.75) is 6.54 Å². The average molecular weight is 315 g/mol. The van der Waals surface area contributed by atoms with Gasteiger partial charge in [0.25, 0.3) is 5.91 Å². The number of aromatic nitrogens is 2. The quantitative estimate of drug-likeness (QED) is 0.572. The lowest BCUT2D eigenvalue weighted by atomic mass is 10.2. The molecule has 0 fully saturated rings. The highest BCUT2D eigenvalue weighted by Gasteiger charge is 2.10. The predicted octanol–water partition coefficient (Wildman–Crippen LogP) is 2.35. The number of fused-ring (bicyclic) bond motifs is 1. The van der Waals surface area contributed by atoms with Crippen molar-refractivity contribution in [2.75, 3.05) is 7.11 Å². The number of methoxy groups -OCH3 is 1. The molecule has 0 saturated carbocycles. The van der Waals surface area contributed by atoms with Crippen molar-refractivity contribution in [3.05, 3.63) is 59.8 Å². The summed E-state index contributed by atoms with van der Waals surface area (Å²) in [4.78, 5) is 15.4. The van der Waals surface area contributed by atoms with E-state index in [9.17, 15) is 9.18 Å². The largest absolute Gasteiger partial charge is 0.494 e. The first-order valence-electron chi connectivity index (χ1n) is 6.84. The Bertz CT molecular complexity index is 876. The number of rotatable bonds is 4. The lowest BCUT2D eigenvalue weighted by molar-refractivity contribution is 0.0701. The monoisotopic (exact) mass is 315 g/mol. The number of pyridine rings is 1. The zero-order valence-corrected chi connectivity index (χ0v) is 12.3. The zero-order chi connectivity index (χ0) is 16.4. The van der Waals surface area contributed by atoms with Crippen LogP contribution in [0.5, 0.6) is 5.75 Å². The average Bonchev–Trinajstić information content (AvgIpc) is 2.96. The third-order valence-electron chi connectivity index (χ3n) is 3.56. The van der Waals surface area contributed by atoms with E-state index in [2.05, 4.69) is 4.98 Å². The van der Waals surface area contributed by atoms with Crippen LogP contribution in [0.2, 0.25) is 0 Å². The molecular weight excluding hydrogens is 301 g/mol. The fourth-order valence-corrected chi connectivity index (χ4v) is 2.41. The summed E-state index contributed by atoms with van der Waals surface area (Å²) in [5.74, 6) is -0.921. The molecule has 118 valence electrons. The molecular formula is C16H14FN3O3. The molecule has 0 aliphatic carbocycles. The van der Waals surface area contributed by atoms with Gasteiger partial charge in [-0.3, -0.25) is 15.0 Å². The molecule has 7 heteroatoms. The molecule has 0 unspecified atom stereocenters. The van der Waals surface area contributed by atoms with E-state index < -0.39 is 11.7 Å². The number of benzene rings is 1. The number of carbonyl (C=O) groups is 1. The number of hydrogen-bond acceptors (Lipinski definition) is 4. The lowest BCUT2D eigenvalue weighted by Crippen LogP contribution is -2.19. The Morgan fingerprint density at radius 1 is 1.39 bits per heavy atom. The molecule has 3 rings (SSSR count). The Labute approximate surface area is 131 Å². The van der Waals surface area contributed by atoms with Gasteiger partial charge >= 0.3 is 0 Å². The van der Waals surface area contributed by atoms with Gasteiger partial charge in [0.15, 0.2) is 11.6 Å². The number of amides is 1. The summed E-state index contributed by atoms with van der Waals surface area (Å²) in [5, 5.41) is 9.54. The van der Waals surface area contributed by atoms with Crippen LogP contribution >= 0.6 is 0 Å². The van der Waals surface area contributed by atoms with E-state index in [1.807, 2.05) is 16.8 Å². The van der Waals surface area contributed by atoms with Gasteiger partial charge in [0, 0.05) is 24.3 Å². The van der Waals surface area contributed by atoms with Crippen molar-refractivity contribution in [1.29, 1.82) is 0 Å². The van der Waals surface area contributed by atoms with Gasteiger partial charge in [0.1, 0.15) is 5.69 Å². The molecule has 0 radical (unpaired) electrons. The summed E-state index contributed by atoms with van der Waals surface area (Å²) in [6, 6.07) is 8.18. The number of ether oxygens (including phenoxy) is 1. The highest BCUT2D eigenvalue weighted by Crippen LogP contribution is 2.21. The van der Waals surface area contributed by atoms with E-state index in [-0.39, 0.29) is 11.4 Å². The SMILES string of the molecule is COc1ccc(Cn2ccc3cnc(C(=O)NO)cc32)cc1F. The topological polar surface area (TPSA) is 76.4 Å². The minimum atomic E-state index is -0.685. The van der Waals surface area contributed by atoms with Crippen molar-refractivity contribution in [1.82, 2.24) is 15.0 Å². The number of carbonyl (C=O) groups excluding carboxylic acids is 1. The first-order chi connectivity index (χ1) is 11.1. The van der Waals surface area contributed by atoms with Crippen molar-refractivity contribution >= 4 is 16.8 Å². The van der Waals surface area contributed by atoms with Crippen molar-refractivity contribution in [3.8, 4) is 5.75 Å². The molecule has 0 bridgehead atoms. The van der Waals surface area contributed by atoms with Crippen LogP contribution in [0.15, 0.2) is 42.7 Å². The van der Waals surface area contributed by atoms with Crippen LogP contribution in [0.4, 0.5) is 4.39 Å². The molecule has 0 atom stereocenters. The van der Waals surface area contributed by atoms with Crippen LogP contribution in [0, 0.1) is 5.82 Å². The Balaban J connectivity index is 1.96. The summed E-state index contributed by atoms with van der Waals surface area (Å²) >= 11 is 0. The Kier molecular flexibility index (Phi) is 3.94. The van der Waals surface area contributed by atoms with Crippen LogP contribution in [0.3, 0.4) is 0 Å². The third-order valence-corrected chi connectivity index (χ3v) is 3.56. The molecule has 1 aromatic carbocycles. The normalized spacial score (nSPS) is 10.7. The second kappa shape index (κ2) is 6.05. The molecule has 6 nitrogen and oxygen atoms in total. The van der Waals surface area contributed by atoms with Crippen LogP contribution in [0.25, 0.3) is 10.9 Å². The molecule has 2 heterocycles. The first kappa shape index (κ1) is 15.0. The van der Waals surface area contributed by atoms with Crippen molar-refractivity contribution < 1.29 is 19.1 Å².